The Bertz CT molecular complexity index is 1620. The van der Waals surface area contributed by atoms with Crippen molar-refractivity contribution in [2.24, 2.45) is 0 Å². The molecule has 0 aliphatic carbocycles. The van der Waals surface area contributed by atoms with E-state index in [9.17, 15) is 18.0 Å². The average molecular weight is 620 g/mol. The molecule has 0 aromatic heterocycles. The van der Waals surface area contributed by atoms with Gasteiger partial charge in [-0.25, -0.2) is 8.42 Å². The second-order valence-electron chi connectivity index (χ2n) is 9.85. The molecule has 8 nitrogen and oxygen atoms in total. The normalized spacial score (nSPS) is 11.8. The van der Waals surface area contributed by atoms with Crippen molar-refractivity contribution in [3.63, 3.8) is 0 Å². The van der Waals surface area contributed by atoms with Gasteiger partial charge < -0.3 is 15.0 Å². The quantitative estimate of drug-likeness (QED) is 0.190. The van der Waals surface area contributed by atoms with Crippen LogP contribution in [-0.4, -0.2) is 44.3 Å². The van der Waals surface area contributed by atoms with Crippen molar-refractivity contribution in [2.75, 3.05) is 17.4 Å². The first-order valence-corrected chi connectivity index (χ1v) is 15.7. The van der Waals surface area contributed by atoms with Crippen LogP contribution in [0.3, 0.4) is 0 Å². The summed E-state index contributed by atoms with van der Waals surface area (Å²) >= 11 is 6.19. The summed E-state index contributed by atoms with van der Waals surface area (Å²) in [6, 6.07) is 29.7. The lowest BCUT2D eigenvalue weighted by molar-refractivity contribution is -0.139. The van der Waals surface area contributed by atoms with Gasteiger partial charge in [0, 0.05) is 18.1 Å². The molecule has 0 spiro atoms. The second kappa shape index (κ2) is 14.7. The van der Waals surface area contributed by atoms with Crippen molar-refractivity contribution < 1.29 is 22.7 Å². The Morgan fingerprint density at radius 1 is 0.860 bits per heavy atom. The summed E-state index contributed by atoms with van der Waals surface area (Å²) in [6.45, 7) is 3.53. The minimum Gasteiger partial charge on any atom is -0.457 e. The molecule has 4 aromatic rings. The highest BCUT2D eigenvalue weighted by Gasteiger charge is 2.32. The average Bonchev–Trinajstić information content (AvgIpc) is 3.02. The molecule has 4 rings (SSSR count). The molecule has 1 N–H and O–H groups in total. The lowest BCUT2D eigenvalue weighted by atomic mass is 10.1. The van der Waals surface area contributed by atoms with E-state index in [0.29, 0.717) is 28.6 Å². The first kappa shape index (κ1) is 31.6. The van der Waals surface area contributed by atoms with Crippen LogP contribution in [0.5, 0.6) is 11.5 Å². The first-order valence-electron chi connectivity index (χ1n) is 13.9. The van der Waals surface area contributed by atoms with Gasteiger partial charge in [0.2, 0.25) is 11.8 Å². The molecule has 0 saturated heterocycles. The smallest absolute Gasteiger partial charge is 0.264 e. The molecule has 1 atom stereocenters. The number of halogens is 1. The number of carbonyl (C=O) groups is 2. The molecular weight excluding hydrogens is 586 g/mol. The zero-order valence-corrected chi connectivity index (χ0v) is 25.6. The Morgan fingerprint density at radius 3 is 2.12 bits per heavy atom. The van der Waals surface area contributed by atoms with E-state index in [1.54, 1.807) is 73.7 Å². The Kier molecular flexibility index (Phi) is 10.8. The number of hydrogen-bond donors (Lipinski definition) is 1. The van der Waals surface area contributed by atoms with Crippen molar-refractivity contribution in [1.29, 1.82) is 0 Å². The maximum Gasteiger partial charge on any atom is 0.264 e. The number of benzene rings is 4. The SMILES string of the molecule is CCCNC(=O)[C@@H](C)N(Cc1cccc(Cl)c1)C(=O)CN(c1ccc(Oc2ccccc2)cc1)S(=O)(=O)c1ccccc1. The van der Waals surface area contributed by atoms with Crippen LogP contribution in [0.4, 0.5) is 5.69 Å². The number of para-hydroxylation sites is 1. The summed E-state index contributed by atoms with van der Waals surface area (Å²) in [4.78, 5) is 28.4. The fourth-order valence-corrected chi connectivity index (χ4v) is 6.01. The predicted molar refractivity (Wildman–Crippen MR) is 169 cm³/mol. The van der Waals surface area contributed by atoms with E-state index >= 15 is 0 Å². The molecule has 0 radical (unpaired) electrons. The number of carbonyl (C=O) groups excluding carboxylic acids is 2. The third-order valence-electron chi connectivity index (χ3n) is 6.67. The number of nitrogens with one attached hydrogen (secondary N) is 1. The number of nitrogens with zero attached hydrogens (tertiary/aromatic N) is 2. The van der Waals surface area contributed by atoms with Crippen molar-refractivity contribution in [3.8, 4) is 11.5 Å². The Balaban J connectivity index is 1.68. The predicted octanol–water partition coefficient (Wildman–Crippen LogP) is 6.27. The van der Waals surface area contributed by atoms with Crippen LogP contribution >= 0.6 is 11.6 Å². The molecular formula is C33H34ClN3O5S. The van der Waals surface area contributed by atoms with Gasteiger partial charge in [-0.1, -0.05) is 67.1 Å². The van der Waals surface area contributed by atoms with Crippen LogP contribution < -0.4 is 14.4 Å². The monoisotopic (exact) mass is 619 g/mol. The number of ether oxygens (including phenoxy) is 1. The summed E-state index contributed by atoms with van der Waals surface area (Å²) in [5.74, 6) is 0.244. The highest BCUT2D eigenvalue weighted by molar-refractivity contribution is 7.92. The second-order valence-corrected chi connectivity index (χ2v) is 12.2. The van der Waals surface area contributed by atoms with E-state index in [-0.39, 0.29) is 23.0 Å². The molecule has 2 amide bonds. The number of sulfonamides is 1. The maximum absolute atomic E-state index is 14.0. The molecule has 10 heteroatoms. The standard InChI is InChI=1S/C33H34ClN3O5S/c1-3-21-35-33(39)25(2)36(23-26-11-10-12-27(34)22-26)32(38)24-37(43(40,41)31-15-8-5-9-16-31)28-17-19-30(20-18-28)42-29-13-6-4-7-14-29/h4-20,22,25H,3,21,23-24H2,1-2H3,(H,35,39)/t25-/m1/s1. The minimum absolute atomic E-state index is 0.0301. The van der Waals surface area contributed by atoms with Gasteiger partial charge in [-0.05, 0) is 79.6 Å². The lowest BCUT2D eigenvalue weighted by Crippen LogP contribution is -2.51. The fraction of sp³-hybridized carbons (Fsp3) is 0.212. The third-order valence-corrected chi connectivity index (χ3v) is 8.70. The van der Waals surface area contributed by atoms with E-state index in [1.165, 1.54) is 17.0 Å². The molecule has 0 unspecified atom stereocenters. The van der Waals surface area contributed by atoms with E-state index in [2.05, 4.69) is 5.32 Å². The van der Waals surface area contributed by atoms with Crippen molar-refractivity contribution in [3.05, 3.63) is 120 Å². The van der Waals surface area contributed by atoms with E-state index in [1.807, 2.05) is 37.3 Å². The molecule has 0 heterocycles. The molecule has 0 aliphatic heterocycles. The highest BCUT2D eigenvalue weighted by atomic mass is 35.5. The third kappa shape index (κ3) is 8.37. The highest BCUT2D eigenvalue weighted by Crippen LogP contribution is 2.28. The van der Waals surface area contributed by atoms with Gasteiger partial charge in [-0.2, -0.15) is 0 Å². The number of anilines is 1. The zero-order chi connectivity index (χ0) is 30.8. The van der Waals surface area contributed by atoms with Crippen LogP contribution in [0.1, 0.15) is 25.8 Å². The Hall–Kier alpha value is -4.34. The van der Waals surface area contributed by atoms with Crippen LogP contribution in [0.2, 0.25) is 5.02 Å². The van der Waals surface area contributed by atoms with Gasteiger partial charge >= 0.3 is 0 Å². The molecule has 0 aliphatic rings. The number of amides is 2. The summed E-state index contributed by atoms with van der Waals surface area (Å²) in [7, 11) is -4.17. The summed E-state index contributed by atoms with van der Waals surface area (Å²) in [5, 5.41) is 3.31. The Labute approximate surface area is 257 Å². The maximum atomic E-state index is 14.0. The number of hydrogen-bond acceptors (Lipinski definition) is 5. The van der Waals surface area contributed by atoms with E-state index < -0.39 is 28.5 Å². The first-order chi connectivity index (χ1) is 20.7. The summed E-state index contributed by atoms with van der Waals surface area (Å²) in [6.07, 6.45) is 0.730. The molecule has 0 fully saturated rings. The van der Waals surface area contributed by atoms with Gasteiger partial charge in [0.1, 0.15) is 24.1 Å². The van der Waals surface area contributed by atoms with Gasteiger partial charge in [-0.15, -0.1) is 0 Å². The van der Waals surface area contributed by atoms with E-state index in [0.717, 1.165) is 10.7 Å². The van der Waals surface area contributed by atoms with Crippen molar-refractivity contribution in [2.45, 2.75) is 37.8 Å². The lowest BCUT2D eigenvalue weighted by Gasteiger charge is -2.32. The summed E-state index contributed by atoms with van der Waals surface area (Å²) in [5.41, 5.74) is 0.972. The molecule has 0 saturated carbocycles. The van der Waals surface area contributed by atoms with Gasteiger partial charge in [-0.3, -0.25) is 13.9 Å². The molecule has 224 valence electrons. The molecule has 43 heavy (non-hydrogen) atoms. The van der Waals surface area contributed by atoms with Crippen molar-refractivity contribution in [1.82, 2.24) is 10.2 Å². The van der Waals surface area contributed by atoms with E-state index in [4.69, 9.17) is 16.3 Å². The van der Waals surface area contributed by atoms with Crippen LogP contribution in [-0.2, 0) is 26.2 Å². The largest absolute Gasteiger partial charge is 0.457 e. The minimum atomic E-state index is -4.17. The van der Waals surface area contributed by atoms with Crippen molar-refractivity contribution >= 4 is 39.1 Å². The number of rotatable bonds is 13. The van der Waals surface area contributed by atoms with Gasteiger partial charge in [0.05, 0.1) is 10.6 Å². The van der Waals surface area contributed by atoms with Gasteiger partial charge in [0.25, 0.3) is 10.0 Å². The topological polar surface area (TPSA) is 96.0 Å². The van der Waals surface area contributed by atoms with Crippen LogP contribution in [0.25, 0.3) is 0 Å². The zero-order valence-electron chi connectivity index (χ0n) is 24.0. The molecule has 4 aromatic carbocycles. The fourth-order valence-electron chi connectivity index (χ4n) is 4.36. The van der Waals surface area contributed by atoms with Crippen LogP contribution in [0.15, 0.2) is 114 Å². The Morgan fingerprint density at radius 2 is 1.49 bits per heavy atom. The molecule has 0 bridgehead atoms. The van der Waals surface area contributed by atoms with Crippen LogP contribution in [0, 0.1) is 0 Å². The van der Waals surface area contributed by atoms with Gasteiger partial charge in [0.15, 0.2) is 0 Å². The summed E-state index contributed by atoms with van der Waals surface area (Å²) < 4.78 is 34.8.